The molecule has 0 bridgehead atoms. The van der Waals surface area contributed by atoms with Crippen LogP contribution in [0, 0.1) is 0 Å². The van der Waals surface area contributed by atoms with E-state index < -0.39 is 12.1 Å². The Morgan fingerprint density at radius 2 is 1.34 bits per heavy atom. The molecule has 2 N–H and O–H groups in total. The van der Waals surface area contributed by atoms with Crippen molar-refractivity contribution in [1.82, 2.24) is 5.32 Å². The van der Waals surface area contributed by atoms with Gasteiger partial charge < -0.3 is 19.9 Å². The van der Waals surface area contributed by atoms with E-state index in [0.29, 0.717) is 6.42 Å². The van der Waals surface area contributed by atoms with Crippen LogP contribution in [-0.2, 0) is 11.2 Å². The molecule has 1 amide bonds. The third-order valence-corrected chi connectivity index (χ3v) is 6.27. The number of fused-ring (bicyclic) bond motifs is 3. The fourth-order valence-electron chi connectivity index (χ4n) is 4.57. The van der Waals surface area contributed by atoms with Crippen LogP contribution in [0.5, 0.6) is 11.5 Å². The van der Waals surface area contributed by atoms with Crippen molar-refractivity contribution >= 4 is 6.09 Å². The summed E-state index contributed by atoms with van der Waals surface area (Å²) in [5.41, 5.74) is 5.68. The van der Waals surface area contributed by atoms with Crippen molar-refractivity contribution in [3.8, 4) is 22.6 Å². The monoisotopic (exact) mass is 465 g/mol. The van der Waals surface area contributed by atoms with Crippen LogP contribution in [0.2, 0.25) is 0 Å². The number of ether oxygens (including phenoxy) is 2. The van der Waals surface area contributed by atoms with E-state index in [9.17, 15) is 9.90 Å². The lowest BCUT2D eigenvalue weighted by molar-refractivity contribution is 0.132. The van der Waals surface area contributed by atoms with Gasteiger partial charge in [0.1, 0.15) is 18.1 Å². The summed E-state index contributed by atoms with van der Waals surface area (Å²) < 4.78 is 11.4. The number of amides is 1. The summed E-state index contributed by atoms with van der Waals surface area (Å²) in [5.74, 6) is 1.49. The topological polar surface area (TPSA) is 67.8 Å². The van der Waals surface area contributed by atoms with Gasteiger partial charge in [-0.2, -0.15) is 0 Å². The fourth-order valence-corrected chi connectivity index (χ4v) is 4.57. The maximum Gasteiger partial charge on any atom is 0.407 e. The number of carbonyl (C=O) groups excluding carboxylic acids is 1. The molecule has 35 heavy (non-hydrogen) atoms. The number of carbonyl (C=O) groups is 1. The van der Waals surface area contributed by atoms with Gasteiger partial charge in [-0.1, -0.05) is 78.9 Å². The second-order valence-electron chi connectivity index (χ2n) is 8.61. The summed E-state index contributed by atoms with van der Waals surface area (Å²) in [6, 6.07) is 33.2. The molecule has 4 aromatic carbocycles. The molecule has 0 spiro atoms. The molecule has 0 radical (unpaired) electrons. The molecular weight excluding hydrogens is 438 g/mol. The van der Waals surface area contributed by atoms with Crippen LogP contribution in [0.15, 0.2) is 103 Å². The molecule has 0 aliphatic heterocycles. The minimum atomic E-state index is -0.532. The Morgan fingerprint density at radius 1 is 0.771 bits per heavy atom. The predicted molar refractivity (Wildman–Crippen MR) is 136 cm³/mol. The van der Waals surface area contributed by atoms with E-state index in [2.05, 4.69) is 29.6 Å². The quantitative estimate of drug-likeness (QED) is 0.339. The normalized spacial score (nSPS) is 12.9. The largest absolute Gasteiger partial charge is 0.457 e. The van der Waals surface area contributed by atoms with Crippen molar-refractivity contribution in [2.75, 3.05) is 13.2 Å². The van der Waals surface area contributed by atoms with Crippen molar-refractivity contribution in [2.24, 2.45) is 0 Å². The highest BCUT2D eigenvalue weighted by Gasteiger charge is 2.29. The van der Waals surface area contributed by atoms with Crippen molar-refractivity contribution in [3.63, 3.8) is 0 Å². The van der Waals surface area contributed by atoms with Gasteiger partial charge in [0, 0.05) is 5.92 Å². The van der Waals surface area contributed by atoms with Gasteiger partial charge >= 0.3 is 6.09 Å². The zero-order chi connectivity index (χ0) is 24.0. The van der Waals surface area contributed by atoms with E-state index in [1.54, 1.807) is 0 Å². The zero-order valence-corrected chi connectivity index (χ0v) is 19.3. The van der Waals surface area contributed by atoms with E-state index >= 15 is 0 Å². The molecule has 0 saturated carbocycles. The summed E-state index contributed by atoms with van der Waals surface area (Å²) in [5, 5.41) is 12.6. The average molecular weight is 466 g/mol. The lowest BCUT2D eigenvalue weighted by Crippen LogP contribution is -2.39. The van der Waals surface area contributed by atoms with E-state index in [4.69, 9.17) is 9.47 Å². The summed E-state index contributed by atoms with van der Waals surface area (Å²) in [6.45, 7) is 0.0516. The van der Waals surface area contributed by atoms with E-state index in [1.165, 1.54) is 11.1 Å². The number of alkyl carbamates (subject to hydrolysis) is 1. The Kier molecular flexibility index (Phi) is 6.77. The Bertz CT molecular complexity index is 1240. The number of hydrogen-bond donors (Lipinski definition) is 2. The standard InChI is InChI=1S/C30H27NO4/c32-19-22(18-21-14-16-24(17-15-21)35-23-8-2-1-3-9-23)31-30(33)34-20-29-27-12-6-4-10-25(27)26-11-5-7-13-28(26)29/h1-17,22,29,32H,18-20H2,(H,31,33)/t22-/m0/s1. The number of rotatable bonds is 8. The summed E-state index contributed by atoms with van der Waals surface area (Å²) >= 11 is 0. The van der Waals surface area contributed by atoms with Crippen molar-refractivity contribution in [1.29, 1.82) is 0 Å². The second-order valence-corrected chi connectivity index (χ2v) is 8.61. The fraction of sp³-hybridized carbons (Fsp3) is 0.167. The molecule has 1 atom stereocenters. The van der Waals surface area contributed by atoms with Crippen molar-refractivity contribution in [2.45, 2.75) is 18.4 Å². The Morgan fingerprint density at radius 3 is 1.97 bits per heavy atom. The van der Waals surface area contributed by atoms with Crippen LogP contribution in [0.25, 0.3) is 11.1 Å². The number of nitrogens with one attached hydrogen (secondary N) is 1. The predicted octanol–water partition coefficient (Wildman–Crippen LogP) is 5.92. The van der Waals surface area contributed by atoms with E-state index in [0.717, 1.165) is 28.2 Å². The number of benzene rings is 4. The molecule has 0 heterocycles. The van der Waals surface area contributed by atoms with Crippen molar-refractivity contribution in [3.05, 3.63) is 120 Å². The minimum absolute atomic E-state index is 0.00196. The molecule has 0 saturated heterocycles. The van der Waals surface area contributed by atoms with Gasteiger partial charge in [-0.15, -0.1) is 0 Å². The van der Waals surface area contributed by atoms with Gasteiger partial charge in [0.15, 0.2) is 0 Å². The highest BCUT2D eigenvalue weighted by atomic mass is 16.5. The smallest absolute Gasteiger partial charge is 0.407 e. The first-order valence-electron chi connectivity index (χ1n) is 11.8. The van der Waals surface area contributed by atoms with Crippen LogP contribution in [0.4, 0.5) is 4.79 Å². The second kappa shape index (κ2) is 10.5. The first-order chi connectivity index (χ1) is 17.2. The lowest BCUT2D eigenvalue weighted by Gasteiger charge is -2.19. The molecule has 1 aliphatic rings. The number of aliphatic hydroxyl groups excluding tert-OH is 1. The molecule has 5 heteroatoms. The maximum absolute atomic E-state index is 12.6. The van der Waals surface area contributed by atoms with Crippen molar-refractivity contribution < 1.29 is 19.4 Å². The highest BCUT2D eigenvalue weighted by molar-refractivity contribution is 5.79. The van der Waals surface area contributed by atoms with E-state index in [1.807, 2.05) is 78.9 Å². The molecule has 0 unspecified atom stereocenters. The van der Waals surface area contributed by atoms with Gasteiger partial charge in [-0.05, 0) is 58.5 Å². The van der Waals surface area contributed by atoms with Gasteiger partial charge in [0.25, 0.3) is 0 Å². The molecule has 4 aromatic rings. The maximum atomic E-state index is 12.6. The Labute approximate surface area is 205 Å². The van der Waals surface area contributed by atoms with Crippen LogP contribution >= 0.6 is 0 Å². The molecule has 176 valence electrons. The van der Waals surface area contributed by atoms with E-state index in [-0.39, 0.29) is 19.1 Å². The van der Waals surface area contributed by atoms with Crippen LogP contribution < -0.4 is 10.1 Å². The average Bonchev–Trinajstić information content (AvgIpc) is 3.22. The van der Waals surface area contributed by atoms with Gasteiger partial charge in [-0.25, -0.2) is 4.79 Å². The lowest BCUT2D eigenvalue weighted by atomic mass is 9.98. The summed E-state index contributed by atoms with van der Waals surface area (Å²) in [6.07, 6.45) is -0.0540. The molecular formula is C30H27NO4. The van der Waals surface area contributed by atoms with Gasteiger partial charge in [0.2, 0.25) is 0 Å². The summed E-state index contributed by atoms with van der Waals surface area (Å²) in [4.78, 5) is 12.6. The van der Waals surface area contributed by atoms with Gasteiger partial charge in [0.05, 0.1) is 12.6 Å². The zero-order valence-electron chi connectivity index (χ0n) is 19.3. The van der Waals surface area contributed by atoms with Crippen LogP contribution in [0.1, 0.15) is 22.6 Å². The first-order valence-corrected chi connectivity index (χ1v) is 11.8. The molecule has 5 rings (SSSR count). The van der Waals surface area contributed by atoms with Crippen LogP contribution in [0.3, 0.4) is 0 Å². The molecule has 1 aliphatic carbocycles. The molecule has 5 nitrogen and oxygen atoms in total. The Balaban J connectivity index is 1.17. The SMILES string of the molecule is O=C(N[C@H](CO)Cc1ccc(Oc2ccccc2)cc1)OCC1c2ccccc2-c2ccccc21. The number of hydrogen-bond acceptors (Lipinski definition) is 4. The number of para-hydroxylation sites is 1. The third-order valence-electron chi connectivity index (χ3n) is 6.27. The Hall–Kier alpha value is -4.09. The summed E-state index contributed by atoms with van der Waals surface area (Å²) in [7, 11) is 0. The third kappa shape index (κ3) is 5.20. The van der Waals surface area contributed by atoms with Gasteiger partial charge in [-0.3, -0.25) is 0 Å². The highest BCUT2D eigenvalue weighted by Crippen LogP contribution is 2.44. The molecule has 0 fully saturated rings. The van der Waals surface area contributed by atoms with Crippen LogP contribution in [-0.4, -0.2) is 30.5 Å². The number of aliphatic hydroxyl groups is 1. The first kappa shape index (κ1) is 22.7. The molecule has 0 aromatic heterocycles. The minimum Gasteiger partial charge on any atom is -0.457 e.